The fraction of sp³-hybridized carbons (Fsp3) is 0.474. The number of rotatable bonds is 4. The number of aromatic nitrogens is 2. The zero-order valence-electron chi connectivity index (χ0n) is 15.8. The van der Waals surface area contributed by atoms with Crippen molar-refractivity contribution in [3.05, 3.63) is 41.5 Å². The Morgan fingerprint density at radius 1 is 0.923 bits per heavy atom. The number of aryl methyl sites for hydroxylation is 2. The lowest BCUT2D eigenvalue weighted by Gasteiger charge is -2.37. The van der Waals surface area contributed by atoms with Gasteiger partial charge in [-0.15, -0.1) is 10.2 Å². The second kappa shape index (κ2) is 7.23. The Hall–Kier alpha value is -2.15. The molecule has 2 heterocycles. The van der Waals surface area contributed by atoms with Gasteiger partial charge in [-0.2, -0.15) is 0 Å². The van der Waals surface area contributed by atoms with Crippen LogP contribution in [0, 0.1) is 13.8 Å². The van der Waals surface area contributed by atoms with Crippen LogP contribution in [0.3, 0.4) is 0 Å². The lowest BCUT2D eigenvalue weighted by molar-refractivity contribution is 0.580. The van der Waals surface area contributed by atoms with Crippen molar-refractivity contribution in [2.75, 3.05) is 36.0 Å². The van der Waals surface area contributed by atoms with E-state index in [4.69, 9.17) is 0 Å². The number of piperazine rings is 1. The van der Waals surface area contributed by atoms with E-state index in [-0.39, 0.29) is 5.03 Å². The first kappa shape index (κ1) is 18.6. The van der Waals surface area contributed by atoms with E-state index in [0.29, 0.717) is 0 Å². The van der Waals surface area contributed by atoms with Crippen LogP contribution >= 0.6 is 0 Å². The second-order valence-corrected chi connectivity index (χ2v) is 9.54. The first-order valence-corrected chi connectivity index (χ1v) is 10.5. The molecular formula is C19H26N4O2S. The quantitative estimate of drug-likeness (QED) is 0.820. The monoisotopic (exact) mass is 374 g/mol. The fourth-order valence-electron chi connectivity index (χ4n) is 3.11. The third kappa shape index (κ3) is 3.67. The maximum atomic E-state index is 12.2. The van der Waals surface area contributed by atoms with Gasteiger partial charge in [0.1, 0.15) is 0 Å². The van der Waals surface area contributed by atoms with Crippen molar-refractivity contribution < 1.29 is 8.42 Å². The summed E-state index contributed by atoms with van der Waals surface area (Å²) in [7, 11) is -3.38. The molecule has 0 atom stereocenters. The summed E-state index contributed by atoms with van der Waals surface area (Å²) < 4.78 is 24.3. The number of benzene rings is 1. The van der Waals surface area contributed by atoms with Crippen LogP contribution in [0.1, 0.15) is 25.0 Å². The molecule has 0 saturated carbocycles. The minimum atomic E-state index is -3.38. The van der Waals surface area contributed by atoms with Crippen LogP contribution in [0.2, 0.25) is 0 Å². The normalized spacial score (nSPS) is 15.6. The van der Waals surface area contributed by atoms with Crippen molar-refractivity contribution in [3.63, 3.8) is 0 Å². The molecule has 0 unspecified atom stereocenters. The van der Waals surface area contributed by atoms with E-state index < -0.39 is 15.1 Å². The fourth-order valence-corrected chi connectivity index (χ4v) is 4.01. The van der Waals surface area contributed by atoms with Crippen molar-refractivity contribution in [2.45, 2.75) is 38.0 Å². The van der Waals surface area contributed by atoms with Crippen molar-refractivity contribution in [3.8, 4) is 0 Å². The van der Waals surface area contributed by atoms with E-state index in [0.717, 1.165) is 32.0 Å². The molecule has 0 bridgehead atoms. The first-order valence-electron chi connectivity index (χ1n) is 8.94. The molecule has 0 amide bonds. The first-order chi connectivity index (χ1) is 12.3. The Bertz CT molecular complexity index is 871. The molecule has 0 radical (unpaired) electrons. The zero-order chi connectivity index (χ0) is 18.9. The average Bonchev–Trinajstić information content (AvgIpc) is 2.64. The molecule has 26 heavy (non-hydrogen) atoms. The molecule has 2 aromatic rings. The van der Waals surface area contributed by atoms with Crippen LogP contribution in [0.4, 0.5) is 11.5 Å². The summed E-state index contributed by atoms with van der Waals surface area (Å²) in [5.74, 6) is 0.730. The number of anilines is 2. The van der Waals surface area contributed by atoms with Gasteiger partial charge in [-0.05, 0) is 57.0 Å². The van der Waals surface area contributed by atoms with Crippen LogP contribution < -0.4 is 9.80 Å². The van der Waals surface area contributed by atoms with Gasteiger partial charge in [0.25, 0.3) is 0 Å². The van der Waals surface area contributed by atoms with E-state index in [1.807, 2.05) is 0 Å². The van der Waals surface area contributed by atoms with Crippen LogP contribution in [0.25, 0.3) is 0 Å². The molecule has 140 valence electrons. The molecule has 0 N–H and O–H groups in total. The minimum absolute atomic E-state index is 0.0465. The summed E-state index contributed by atoms with van der Waals surface area (Å²) in [4.78, 5) is 4.55. The standard InChI is InChI=1S/C19H26N4O2S/c1-14(2)26(24,25)19-8-7-18(20-21-19)23-11-9-22(10-12-23)17-13-15(3)5-6-16(17)4/h5-8,13-14H,9-12H2,1-4H3. The van der Waals surface area contributed by atoms with Crippen LogP contribution in [-0.4, -0.2) is 50.0 Å². The molecular weight excluding hydrogens is 348 g/mol. The van der Waals surface area contributed by atoms with Crippen molar-refractivity contribution in [1.82, 2.24) is 10.2 Å². The van der Waals surface area contributed by atoms with Gasteiger partial charge < -0.3 is 9.80 Å². The third-order valence-corrected chi connectivity index (χ3v) is 6.89. The van der Waals surface area contributed by atoms with E-state index in [9.17, 15) is 8.42 Å². The number of hydrogen-bond donors (Lipinski definition) is 0. The Labute approximate surface area is 155 Å². The van der Waals surface area contributed by atoms with E-state index >= 15 is 0 Å². The summed E-state index contributed by atoms with van der Waals surface area (Å²) in [6, 6.07) is 9.86. The summed E-state index contributed by atoms with van der Waals surface area (Å²) in [6.45, 7) is 11.0. The highest BCUT2D eigenvalue weighted by atomic mass is 32.2. The Morgan fingerprint density at radius 3 is 2.15 bits per heavy atom. The lowest BCUT2D eigenvalue weighted by atomic mass is 10.1. The molecule has 1 saturated heterocycles. The number of sulfone groups is 1. The van der Waals surface area contributed by atoms with Gasteiger partial charge in [0, 0.05) is 31.9 Å². The highest BCUT2D eigenvalue weighted by Crippen LogP contribution is 2.24. The van der Waals surface area contributed by atoms with Crippen LogP contribution in [0.15, 0.2) is 35.4 Å². The number of hydrogen-bond acceptors (Lipinski definition) is 6. The van der Waals surface area contributed by atoms with Crippen molar-refractivity contribution in [2.24, 2.45) is 0 Å². The molecule has 1 aliphatic rings. The van der Waals surface area contributed by atoms with Crippen LogP contribution in [-0.2, 0) is 9.84 Å². The third-order valence-electron chi connectivity index (χ3n) is 4.85. The Morgan fingerprint density at radius 2 is 1.58 bits per heavy atom. The van der Waals surface area contributed by atoms with Gasteiger partial charge >= 0.3 is 0 Å². The number of nitrogens with zero attached hydrogens (tertiary/aromatic N) is 4. The minimum Gasteiger partial charge on any atom is -0.368 e. The molecule has 3 rings (SSSR count). The summed E-state index contributed by atoms with van der Waals surface area (Å²) in [5.41, 5.74) is 3.84. The van der Waals surface area contributed by atoms with Gasteiger partial charge in [-0.3, -0.25) is 0 Å². The van der Waals surface area contributed by atoms with Gasteiger partial charge in [0.2, 0.25) is 0 Å². The maximum absolute atomic E-state index is 12.2. The zero-order valence-corrected chi connectivity index (χ0v) is 16.6. The van der Waals surface area contributed by atoms with E-state index in [1.54, 1.807) is 26.0 Å². The van der Waals surface area contributed by atoms with Crippen molar-refractivity contribution >= 4 is 21.3 Å². The van der Waals surface area contributed by atoms with Crippen LogP contribution in [0.5, 0.6) is 0 Å². The molecule has 0 aliphatic carbocycles. The highest BCUT2D eigenvalue weighted by molar-refractivity contribution is 7.91. The maximum Gasteiger partial charge on any atom is 0.199 e. The van der Waals surface area contributed by atoms with Gasteiger partial charge in [-0.25, -0.2) is 8.42 Å². The highest BCUT2D eigenvalue weighted by Gasteiger charge is 2.23. The molecule has 1 aromatic heterocycles. The Kier molecular flexibility index (Phi) is 5.18. The summed E-state index contributed by atoms with van der Waals surface area (Å²) >= 11 is 0. The van der Waals surface area contributed by atoms with Gasteiger partial charge in [0.05, 0.1) is 5.25 Å². The predicted octanol–water partition coefficient (Wildman–Crippen LogP) is 2.60. The smallest absolute Gasteiger partial charge is 0.199 e. The molecule has 1 aromatic carbocycles. The van der Waals surface area contributed by atoms with Crippen molar-refractivity contribution in [1.29, 1.82) is 0 Å². The van der Waals surface area contributed by atoms with Gasteiger partial charge in [-0.1, -0.05) is 12.1 Å². The summed E-state index contributed by atoms with van der Waals surface area (Å²) in [6.07, 6.45) is 0. The summed E-state index contributed by atoms with van der Waals surface area (Å²) in [5, 5.41) is 7.67. The average molecular weight is 375 g/mol. The predicted molar refractivity (Wildman–Crippen MR) is 105 cm³/mol. The Balaban J connectivity index is 1.69. The van der Waals surface area contributed by atoms with Gasteiger partial charge in [0.15, 0.2) is 20.7 Å². The van der Waals surface area contributed by atoms with E-state index in [1.165, 1.54) is 16.8 Å². The lowest BCUT2D eigenvalue weighted by Crippen LogP contribution is -2.47. The molecule has 7 heteroatoms. The topological polar surface area (TPSA) is 66.4 Å². The molecule has 6 nitrogen and oxygen atoms in total. The largest absolute Gasteiger partial charge is 0.368 e. The van der Waals surface area contributed by atoms with E-state index in [2.05, 4.69) is 52.0 Å². The SMILES string of the molecule is Cc1ccc(C)c(N2CCN(c3ccc(S(=O)(=O)C(C)C)nn3)CC2)c1. The molecule has 1 aliphatic heterocycles. The molecule has 0 spiro atoms. The second-order valence-electron chi connectivity index (χ2n) is 7.09. The molecule has 1 fully saturated rings.